The molecule has 2 aromatic carbocycles. The average molecular weight is 486 g/mol. The molecule has 0 amide bonds. The van der Waals surface area contributed by atoms with Gasteiger partial charge in [0.15, 0.2) is 5.82 Å². The summed E-state index contributed by atoms with van der Waals surface area (Å²) in [5, 5.41) is 9.86. The zero-order chi connectivity index (χ0) is 24.7. The van der Waals surface area contributed by atoms with Crippen LogP contribution in [0.3, 0.4) is 0 Å². The van der Waals surface area contributed by atoms with Gasteiger partial charge in [0.05, 0.1) is 14.2 Å². The van der Waals surface area contributed by atoms with Crippen LogP contribution in [0.15, 0.2) is 60.9 Å². The van der Waals surface area contributed by atoms with E-state index in [9.17, 15) is 13.5 Å². The quantitative estimate of drug-likeness (QED) is 0.442. The van der Waals surface area contributed by atoms with Crippen molar-refractivity contribution in [3.63, 3.8) is 0 Å². The first kappa shape index (κ1) is 25.6. The summed E-state index contributed by atoms with van der Waals surface area (Å²) >= 11 is 0. The Labute approximate surface area is 201 Å². The third kappa shape index (κ3) is 6.11. The first-order valence-corrected chi connectivity index (χ1v) is 12.5. The second-order valence-corrected chi connectivity index (χ2v) is 10.2. The van der Waals surface area contributed by atoms with Crippen molar-refractivity contribution in [3.8, 4) is 11.5 Å². The van der Waals surface area contributed by atoms with Gasteiger partial charge in [-0.05, 0) is 54.3 Å². The zero-order valence-corrected chi connectivity index (χ0v) is 20.7. The fraction of sp³-hybridized carbons (Fsp3) is 0.360. The third-order valence-corrected chi connectivity index (χ3v) is 7.93. The molecule has 0 aliphatic heterocycles. The molecule has 9 heteroatoms. The number of aromatic nitrogens is 2. The number of aliphatic hydroxyl groups excluding tert-OH is 1. The number of ether oxygens (including phenoxy) is 2. The summed E-state index contributed by atoms with van der Waals surface area (Å²) in [6.07, 6.45) is 1.97. The van der Waals surface area contributed by atoms with Crippen LogP contribution in [-0.4, -0.2) is 47.3 Å². The molecule has 0 aliphatic carbocycles. The van der Waals surface area contributed by atoms with Gasteiger partial charge in [-0.15, -0.1) is 0 Å². The largest absolute Gasteiger partial charge is 0.497 e. The molecule has 1 aromatic heterocycles. The molecular weight excluding hydrogens is 454 g/mol. The number of nitrogens with zero attached hydrogens (tertiary/aromatic N) is 3. The molecule has 0 aliphatic rings. The van der Waals surface area contributed by atoms with Gasteiger partial charge < -0.3 is 14.6 Å². The maximum Gasteiger partial charge on any atom is 0.220 e. The van der Waals surface area contributed by atoms with Gasteiger partial charge in [-0.2, -0.15) is 4.31 Å². The van der Waals surface area contributed by atoms with E-state index in [-0.39, 0.29) is 25.3 Å². The van der Waals surface area contributed by atoms with Gasteiger partial charge in [-0.1, -0.05) is 31.2 Å². The van der Waals surface area contributed by atoms with Crippen LogP contribution in [0.4, 0.5) is 0 Å². The molecule has 8 nitrogen and oxygen atoms in total. The number of rotatable bonds is 11. The van der Waals surface area contributed by atoms with Gasteiger partial charge in [0.1, 0.15) is 22.9 Å². The van der Waals surface area contributed by atoms with E-state index in [1.54, 1.807) is 57.8 Å². The summed E-state index contributed by atoms with van der Waals surface area (Å²) in [5.41, 5.74) is 2.43. The lowest BCUT2D eigenvalue weighted by molar-refractivity contribution is 0.155. The van der Waals surface area contributed by atoms with E-state index < -0.39 is 21.4 Å². The monoisotopic (exact) mass is 485 g/mol. The van der Waals surface area contributed by atoms with Crippen molar-refractivity contribution in [3.05, 3.63) is 83.4 Å². The van der Waals surface area contributed by atoms with Crippen molar-refractivity contribution in [2.24, 2.45) is 0 Å². The molecule has 1 N–H and O–H groups in total. The summed E-state index contributed by atoms with van der Waals surface area (Å²) in [7, 11) is -0.799. The SMILES string of the molecule is CC[C@@H]([C@H](O)c1ncc(C)cn1)S(=O)(=O)N(Cc1ccc(OC)cc1)Cc1ccc(OC)cc1. The van der Waals surface area contributed by atoms with E-state index in [2.05, 4.69) is 9.97 Å². The maximum absolute atomic E-state index is 13.9. The average Bonchev–Trinajstić information content (AvgIpc) is 2.85. The molecule has 3 aromatic rings. The molecule has 0 unspecified atom stereocenters. The van der Waals surface area contributed by atoms with Crippen LogP contribution in [0.1, 0.15) is 42.0 Å². The summed E-state index contributed by atoms with van der Waals surface area (Å²) in [5.74, 6) is 1.47. The van der Waals surface area contributed by atoms with Gasteiger partial charge in [0.25, 0.3) is 0 Å². The van der Waals surface area contributed by atoms with Gasteiger partial charge in [-0.25, -0.2) is 18.4 Å². The predicted octanol–water partition coefficient (Wildman–Crippen LogP) is 3.65. The lowest BCUT2D eigenvalue weighted by Crippen LogP contribution is -2.41. The smallest absolute Gasteiger partial charge is 0.220 e. The molecule has 0 fully saturated rings. The minimum Gasteiger partial charge on any atom is -0.497 e. The van der Waals surface area contributed by atoms with Crippen molar-refractivity contribution < 1.29 is 23.0 Å². The van der Waals surface area contributed by atoms with Crippen molar-refractivity contribution in [1.29, 1.82) is 0 Å². The zero-order valence-electron chi connectivity index (χ0n) is 19.9. The Bertz CT molecular complexity index is 1100. The molecule has 0 spiro atoms. The number of aryl methyl sites for hydroxylation is 1. The number of aliphatic hydroxyl groups is 1. The summed E-state index contributed by atoms with van der Waals surface area (Å²) in [6, 6.07) is 14.5. The van der Waals surface area contributed by atoms with Crippen LogP contribution in [0.2, 0.25) is 0 Å². The van der Waals surface area contributed by atoms with Crippen molar-refractivity contribution >= 4 is 10.0 Å². The minimum atomic E-state index is -3.96. The third-order valence-electron chi connectivity index (χ3n) is 5.60. The highest BCUT2D eigenvalue weighted by atomic mass is 32.2. The molecule has 0 radical (unpaired) electrons. The standard InChI is InChI=1S/C25H31N3O5S/c1-5-23(24(29)25-26-14-18(2)15-27-25)34(30,31)28(16-19-6-10-21(32-3)11-7-19)17-20-8-12-22(33-4)13-9-20/h6-15,23-24,29H,5,16-17H2,1-4H3/t23-,24-/m0/s1. The van der Waals surface area contributed by atoms with Crippen molar-refractivity contribution in [1.82, 2.24) is 14.3 Å². The number of sulfonamides is 1. The lowest BCUT2D eigenvalue weighted by Gasteiger charge is -2.29. The van der Waals surface area contributed by atoms with Crippen LogP contribution in [-0.2, 0) is 23.1 Å². The predicted molar refractivity (Wildman–Crippen MR) is 130 cm³/mol. The van der Waals surface area contributed by atoms with Crippen molar-refractivity contribution in [2.75, 3.05) is 14.2 Å². The highest BCUT2D eigenvalue weighted by Gasteiger charge is 2.38. The molecule has 2 atom stereocenters. The van der Waals surface area contributed by atoms with E-state index in [1.807, 2.05) is 31.2 Å². The molecule has 3 rings (SSSR count). The Morgan fingerprint density at radius 1 is 0.882 bits per heavy atom. The van der Waals surface area contributed by atoms with Gasteiger partial charge >= 0.3 is 0 Å². The Hall–Kier alpha value is -3.01. The summed E-state index contributed by atoms with van der Waals surface area (Å²) < 4.78 is 39.5. The van der Waals surface area contributed by atoms with Crippen molar-refractivity contribution in [2.45, 2.75) is 44.7 Å². The number of hydrogen-bond acceptors (Lipinski definition) is 7. The fourth-order valence-electron chi connectivity index (χ4n) is 3.61. The van der Waals surface area contributed by atoms with E-state index in [0.717, 1.165) is 16.7 Å². The van der Waals surface area contributed by atoms with E-state index in [0.29, 0.717) is 11.5 Å². The van der Waals surface area contributed by atoms with E-state index in [4.69, 9.17) is 9.47 Å². The second kappa shape index (κ2) is 11.4. The molecule has 1 heterocycles. The maximum atomic E-state index is 13.9. The topological polar surface area (TPSA) is 102 Å². The molecular formula is C25H31N3O5S. The van der Waals surface area contributed by atoms with Crippen LogP contribution >= 0.6 is 0 Å². The lowest BCUT2D eigenvalue weighted by atomic mass is 10.2. The molecule has 0 bridgehead atoms. The van der Waals surface area contributed by atoms with Crippen LogP contribution in [0.5, 0.6) is 11.5 Å². The van der Waals surface area contributed by atoms with Crippen LogP contribution in [0.25, 0.3) is 0 Å². The normalized spacial score (nSPS) is 13.5. The number of benzene rings is 2. The Morgan fingerprint density at radius 3 is 1.71 bits per heavy atom. The van der Waals surface area contributed by atoms with Gasteiger partial charge in [0.2, 0.25) is 10.0 Å². The highest BCUT2D eigenvalue weighted by Crippen LogP contribution is 2.28. The highest BCUT2D eigenvalue weighted by molar-refractivity contribution is 7.89. The second-order valence-electron chi connectivity index (χ2n) is 8.02. The Morgan fingerprint density at radius 2 is 1.32 bits per heavy atom. The minimum absolute atomic E-state index is 0.0925. The number of hydrogen-bond donors (Lipinski definition) is 1. The molecule has 182 valence electrons. The van der Waals surface area contributed by atoms with Gasteiger partial charge in [0, 0.05) is 25.5 Å². The van der Waals surface area contributed by atoms with E-state index >= 15 is 0 Å². The molecule has 34 heavy (non-hydrogen) atoms. The molecule has 0 saturated carbocycles. The van der Waals surface area contributed by atoms with Crippen LogP contribution < -0.4 is 9.47 Å². The summed E-state index contributed by atoms with van der Waals surface area (Å²) in [4.78, 5) is 8.31. The summed E-state index contributed by atoms with van der Waals surface area (Å²) in [6.45, 7) is 3.83. The fourth-order valence-corrected chi connectivity index (χ4v) is 5.52. The first-order chi connectivity index (χ1) is 16.3. The molecule has 0 saturated heterocycles. The van der Waals surface area contributed by atoms with Gasteiger partial charge in [-0.3, -0.25) is 0 Å². The Kier molecular flexibility index (Phi) is 8.60. The first-order valence-electron chi connectivity index (χ1n) is 11.0. The van der Waals surface area contributed by atoms with Crippen LogP contribution in [0, 0.1) is 6.92 Å². The Balaban J connectivity index is 1.95. The van der Waals surface area contributed by atoms with E-state index in [1.165, 1.54) is 4.31 Å². The number of methoxy groups -OCH3 is 2.